The number of amides is 3. The molecule has 1 unspecified atom stereocenters. The number of nitrogens with two attached hydrogens (primary N) is 1. The topological polar surface area (TPSA) is 142 Å². The van der Waals surface area contributed by atoms with Crippen LogP contribution in [0.2, 0.25) is 5.02 Å². The molecular weight excluding hydrogens is 440 g/mol. The lowest BCUT2D eigenvalue weighted by Gasteiger charge is -2.25. The molecule has 1 aromatic heterocycles. The van der Waals surface area contributed by atoms with Crippen LogP contribution in [0.25, 0.3) is 0 Å². The Labute approximate surface area is 188 Å². The third-order valence-electron chi connectivity index (χ3n) is 5.48. The second-order valence-electron chi connectivity index (χ2n) is 7.27. The number of nitrogens with zero attached hydrogens (tertiary/aromatic N) is 5. The van der Waals surface area contributed by atoms with E-state index in [2.05, 4.69) is 9.97 Å². The van der Waals surface area contributed by atoms with Crippen LogP contribution >= 0.6 is 11.6 Å². The van der Waals surface area contributed by atoms with Crippen molar-refractivity contribution in [2.45, 2.75) is 19.4 Å². The van der Waals surface area contributed by atoms with Gasteiger partial charge in [0.1, 0.15) is 30.4 Å². The number of fused-ring (bicyclic) bond motifs is 1. The van der Waals surface area contributed by atoms with Gasteiger partial charge in [0.15, 0.2) is 0 Å². The van der Waals surface area contributed by atoms with E-state index >= 15 is 0 Å². The fourth-order valence-corrected chi connectivity index (χ4v) is 4.16. The molecule has 32 heavy (non-hydrogen) atoms. The highest BCUT2D eigenvalue weighted by Crippen LogP contribution is 2.35. The first kappa shape index (κ1) is 21.6. The third-order valence-corrected chi connectivity index (χ3v) is 5.78. The Bertz CT molecular complexity index is 1100. The fourth-order valence-electron chi connectivity index (χ4n) is 3.89. The van der Waals surface area contributed by atoms with Crippen LogP contribution in [-0.2, 0) is 4.79 Å². The number of carbonyl (C=O) groups excluding carboxylic acids is 2. The number of rotatable bonds is 5. The Balaban J connectivity index is 1.61. The number of aromatic nitrogens is 2. The zero-order valence-electron chi connectivity index (χ0n) is 17.2. The van der Waals surface area contributed by atoms with E-state index < -0.39 is 23.9 Å². The molecule has 2 aliphatic rings. The van der Waals surface area contributed by atoms with Gasteiger partial charge in [-0.3, -0.25) is 9.69 Å². The van der Waals surface area contributed by atoms with Gasteiger partial charge in [0.25, 0.3) is 5.91 Å². The Morgan fingerprint density at radius 2 is 2.03 bits per heavy atom. The van der Waals surface area contributed by atoms with E-state index in [0.29, 0.717) is 24.3 Å². The first-order valence-corrected chi connectivity index (χ1v) is 10.4. The van der Waals surface area contributed by atoms with Crippen LogP contribution < -0.4 is 20.3 Å². The van der Waals surface area contributed by atoms with Gasteiger partial charge in [-0.15, -0.1) is 0 Å². The number of carbonyl (C=O) groups is 3. The highest BCUT2D eigenvalue weighted by molar-refractivity contribution is 6.34. The number of carboxylic acids is 1. The van der Waals surface area contributed by atoms with Crippen molar-refractivity contribution in [3.8, 4) is 5.88 Å². The molecule has 1 aromatic carbocycles. The quantitative estimate of drug-likeness (QED) is 0.688. The molecule has 0 aliphatic carbocycles. The maximum Gasteiger partial charge on any atom is 0.326 e. The minimum Gasteiger partial charge on any atom is -0.480 e. The molecule has 2 aromatic rings. The molecule has 2 aliphatic heterocycles. The van der Waals surface area contributed by atoms with Gasteiger partial charge in [0, 0.05) is 18.8 Å². The number of anilines is 3. The Morgan fingerprint density at radius 1 is 1.25 bits per heavy atom. The van der Waals surface area contributed by atoms with Crippen molar-refractivity contribution >= 4 is 46.7 Å². The molecule has 168 valence electrons. The van der Waals surface area contributed by atoms with Gasteiger partial charge >= 0.3 is 12.0 Å². The second-order valence-corrected chi connectivity index (χ2v) is 7.68. The predicted octanol–water partition coefficient (Wildman–Crippen LogP) is 1.86. The molecule has 0 spiro atoms. The molecule has 1 fully saturated rings. The van der Waals surface area contributed by atoms with Crippen LogP contribution in [0.3, 0.4) is 0 Å². The number of nitrogen functional groups attached to an aromatic ring is 1. The number of aliphatic carboxylic acids is 1. The van der Waals surface area contributed by atoms with Gasteiger partial charge < -0.3 is 25.4 Å². The number of carboxylic acid groups (broad SMARTS) is 1. The number of ether oxygens (including phenoxy) is 1. The van der Waals surface area contributed by atoms with Gasteiger partial charge in [0.05, 0.1) is 17.3 Å². The summed E-state index contributed by atoms with van der Waals surface area (Å²) in [5, 5.41) is 9.62. The van der Waals surface area contributed by atoms with Crippen molar-refractivity contribution in [2.24, 2.45) is 0 Å². The van der Waals surface area contributed by atoms with Crippen LogP contribution in [0.1, 0.15) is 23.7 Å². The molecule has 4 rings (SSSR count). The van der Waals surface area contributed by atoms with Crippen LogP contribution in [0.15, 0.2) is 24.5 Å². The summed E-state index contributed by atoms with van der Waals surface area (Å²) in [4.78, 5) is 49.5. The lowest BCUT2D eigenvalue weighted by Crippen LogP contribution is -2.43. The number of hydrogen-bond donors (Lipinski definition) is 2. The van der Waals surface area contributed by atoms with Crippen molar-refractivity contribution in [3.63, 3.8) is 0 Å². The maximum absolute atomic E-state index is 13.1. The highest BCUT2D eigenvalue weighted by Gasteiger charge is 2.38. The number of urea groups is 1. The van der Waals surface area contributed by atoms with Gasteiger partial charge in [-0.25, -0.2) is 19.6 Å². The fraction of sp³-hybridized carbons (Fsp3) is 0.350. The molecule has 3 heterocycles. The van der Waals surface area contributed by atoms with E-state index in [0.717, 1.165) is 0 Å². The van der Waals surface area contributed by atoms with E-state index in [1.807, 2.05) is 0 Å². The average molecular weight is 461 g/mol. The molecule has 0 bridgehead atoms. The Hall–Kier alpha value is -3.60. The van der Waals surface area contributed by atoms with Crippen molar-refractivity contribution in [3.05, 3.63) is 35.1 Å². The number of hydrogen-bond acceptors (Lipinski definition) is 7. The van der Waals surface area contributed by atoms with Gasteiger partial charge in [-0.05, 0) is 24.6 Å². The largest absolute Gasteiger partial charge is 0.480 e. The summed E-state index contributed by atoms with van der Waals surface area (Å²) in [6.07, 6.45) is 1.53. The SMILES string of the molecule is CCC(C(=O)O)N1CCN(c2ccc(N3CCOc4ncnc(N)c4C3=O)cc2Cl)C1=O. The maximum atomic E-state index is 13.1. The summed E-state index contributed by atoms with van der Waals surface area (Å²) < 4.78 is 5.53. The lowest BCUT2D eigenvalue weighted by atomic mass is 10.2. The summed E-state index contributed by atoms with van der Waals surface area (Å²) in [6, 6.07) is 3.55. The first-order valence-electron chi connectivity index (χ1n) is 9.99. The van der Waals surface area contributed by atoms with Crippen molar-refractivity contribution in [2.75, 3.05) is 41.8 Å². The average Bonchev–Trinajstić information content (AvgIpc) is 3.02. The van der Waals surface area contributed by atoms with Crippen molar-refractivity contribution in [1.82, 2.24) is 14.9 Å². The minimum absolute atomic E-state index is 0.0151. The number of benzene rings is 1. The molecular formula is C20H21ClN6O5. The first-order chi connectivity index (χ1) is 15.3. The van der Waals surface area contributed by atoms with E-state index in [1.165, 1.54) is 21.0 Å². The van der Waals surface area contributed by atoms with Gasteiger partial charge in [-0.2, -0.15) is 0 Å². The zero-order chi connectivity index (χ0) is 23.0. The minimum atomic E-state index is -1.05. The third kappa shape index (κ3) is 3.64. The van der Waals surface area contributed by atoms with Crippen LogP contribution in [0, 0.1) is 0 Å². The van der Waals surface area contributed by atoms with Crippen LogP contribution in [-0.4, -0.2) is 70.2 Å². The van der Waals surface area contributed by atoms with E-state index in [4.69, 9.17) is 22.1 Å². The summed E-state index contributed by atoms with van der Waals surface area (Å²) in [5.74, 6) is -1.33. The summed E-state index contributed by atoms with van der Waals surface area (Å²) in [7, 11) is 0. The number of halogens is 1. The standard InChI is InChI=1S/C20H21ClN6O5/c1-2-13(19(29)30)26-5-6-27(20(26)31)14-4-3-11(9-12(14)21)25-7-8-32-17-15(18(25)28)16(22)23-10-24-17/h3-4,9-10,13H,2,5-8H2,1H3,(H,29,30)(H2,22,23,24). The molecule has 3 N–H and O–H groups in total. The molecule has 0 radical (unpaired) electrons. The van der Waals surface area contributed by atoms with E-state index in [1.54, 1.807) is 25.1 Å². The van der Waals surface area contributed by atoms with E-state index in [9.17, 15) is 19.5 Å². The van der Waals surface area contributed by atoms with E-state index in [-0.39, 0.29) is 42.0 Å². The molecule has 1 atom stereocenters. The monoisotopic (exact) mass is 460 g/mol. The summed E-state index contributed by atoms with van der Waals surface area (Å²) in [5.41, 5.74) is 6.87. The van der Waals surface area contributed by atoms with Gasteiger partial charge in [-0.1, -0.05) is 18.5 Å². The smallest absolute Gasteiger partial charge is 0.326 e. The highest BCUT2D eigenvalue weighted by atomic mass is 35.5. The molecule has 1 saturated heterocycles. The van der Waals surface area contributed by atoms with Crippen molar-refractivity contribution < 1.29 is 24.2 Å². The normalized spacial score (nSPS) is 17.1. The molecule has 12 heteroatoms. The second kappa shape index (κ2) is 8.50. The van der Waals surface area contributed by atoms with Crippen LogP contribution in [0.5, 0.6) is 5.88 Å². The summed E-state index contributed by atoms with van der Waals surface area (Å²) >= 11 is 6.49. The molecule has 11 nitrogen and oxygen atoms in total. The van der Waals surface area contributed by atoms with Gasteiger partial charge in [0.2, 0.25) is 5.88 Å². The molecule has 3 amide bonds. The Morgan fingerprint density at radius 3 is 2.72 bits per heavy atom. The zero-order valence-corrected chi connectivity index (χ0v) is 17.9. The van der Waals surface area contributed by atoms with Crippen LogP contribution in [0.4, 0.5) is 22.0 Å². The molecule has 0 saturated carbocycles. The summed E-state index contributed by atoms with van der Waals surface area (Å²) in [6.45, 7) is 2.73. The predicted molar refractivity (Wildman–Crippen MR) is 116 cm³/mol. The van der Waals surface area contributed by atoms with Crippen molar-refractivity contribution in [1.29, 1.82) is 0 Å². The Kier molecular flexibility index (Phi) is 5.74. The lowest BCUT2D eigenvalue weighted by molar-refractivity contribution is -0.142.